The summed E-state index contributed by atoms with van der Waals surface area (Å²) in [5, 5.41) is 0. The molecule has 0 aliphatic carbocycles. The minimum absolute atomic E-state index is 0.00105. The molecule has 0 saturated carbocycles. The normalized spacial score (nSPS) is 24.8. The van der Waals surface area contributed by atoms with E-state index in [0.29, 0.717) is 12.8 Å². The number of ether oxygens (including phenoxy) is 1. The van der Waals surface area contributed by atoms with Crippen molar-refractivity contribution in [2.24, 2.45) is 0 Å². The van der Waals surface area contributed by atoms with E-state index in [4.69, 9.17) is 22.8 Å². The highest BCUT2D eigenvalue weighted by Crippen LogP contribution is 2.49. The van der Waals surface area contributed by atoms with E-state index in [1.54, 1.807) is 0 Å². The van der Waals surface area contributed by atoms with Gasteiger partial charge in [0.2, 0.25) is 0 Å². The second kappa shape index (κ2) is 12.4. The summed E-state index contributed by atoms with van der Waals surface area (Å²) in [6.07, 6.45) is 0.482. The molecule has 0 radical (unpaired) electrons. The van der Waals surface area contributed by atoms with E-state index in [2.05, 4.69) is 4.98 Å². The maximum atomic E-state index is 12.3. The van der Waals surface area contributed by atoms with Crippen molar-refractivity contribution in [1.82, 2.24) is 9.55 Å². The van der Waals surface area contributed by atoms with Crippen molar-refractivity contribution in [3.63, 3.8) is 0 Å². The van der Waals surface area contributed by atoms with Gasteiger partial charge in [-0.05, 0) is 12.8 Å². The lowest BCUT2D eigenvalue weighted by Crippen LogP contribution is -2.31. The molecule has 2 heterocycles. The Kier molecular flexibility index (Phi) is 10.5. The third kappa shape index (κ3) is 8.66. The van der Waals surface area contributed by atoms with Crippen molar-refractivity contribution < 1.29 is 41.7 Å². The lowest BCUT2D eigenvalue weighted by Gasteiger charge is -2.22. The monoisotopic (exact) mass is 500 g/mol. The summed E-state index contributed by atoms with van der Waals surface area (Å²) in [5.41, 5.74) is -1.36. The molecule has 1 saturated heterocycles. The van der Waals surface area contributed by atoms with Crippen LogP contribution in [-0.2, 0) is 32.0 Å². The number of nitrogens with zero attached hydrogens (tertiary/aromatic N) is 1. The molecule has 1 aromatic heterocycles. The molecule has 1 aliphatic rings. The number of hydrogen-bond acceptors (Lipinski definition) is 9. The van der Waals surface area contributed by atoms with Crippen LogP contribution in [0.5, 0.6) is 0 Å². The van der Waals surface area contributed by atoms with Gasteiger partial charge < -0.3 is 14.5 Å². The number of nitrogens with one attached hydrogen (secondary N) is 1. The predicted octanol–water partition coefficient (Wildman–Crippen LogP) is 2.06. The first kappa shape index (κ1) is 27.1. The number of rotatable bonds is 14. The average molecular weight is 500 g/mol. The molecular weight excluding hydrogens is 470 g/mol. The van der Waals surface area contributed by atoms with E-state index in [0.717, 1.165) is 23.5 Å². The summed E-state index contributed by atoms with van der Waals surface area (Å²) >= 11 is 0. The van der Waals surface area contributed by atoms with Gasteiger partial charge in [0.25, 0.3) is 5.56 Å². The Bertz CT molecular complexity index is 934. The molecule has 1 fully saturated rings. The van der Waals surface area contributed by atoms with E-state index >= 15 is 0 Å². The van der Waals surface area contributed by atoms with Gasteiger partial charge in [-0.3, -0.25) is 32.4 Å². The zero-order valence-corrected chi connectivity index (χ0v) is 19.7. The molecule has 32 heavy (non-hydrogen) atoms. The molecule has 2 unspecified atom stereocenters. The molecule has 2 rings (SSSR count). The quantitative estimate of drug-likeness (QED) is 0.252. The second-order valence-corrected chi connectivity index (χ2v) is 9.99. The maximum absolute atomic E-state index is 12.3. The zero-order valence-electron chi connectivity index (χ0n) is 18.0. The third-order valence-electron chi connectivity index (χ3n) is 4.52. The lowest BCUT2D eigenvalue weighted by molar-refractivity contribution is -0.0469. The first-order valence-electron chi connectivity index (χ1n) is 10.3. The standard InChI is InChI=1S/C17H30N2O11P2/c1-3-5-9-26-31(22,23)28-12-14-13(30-32(24,25)27-10-6-4-2)11-16(29-14)19-8-7-15(20)18-17(19)21/h7-8,13-14,16H,3-6,9-12H2,1-2H3,(H,22,23)(H,24,25)(H,18,20,21)/t13-,14-,16-/m1/s1. The minimum Gasteiger partial charge on any atom is -0.349 e. The van der Waals surface area contributed by atoms with Gasteiger partial charge in [0.05, 0.1) is 19.8 Å². The van der Waals surface area contributed by atoms with Gasteiger partial charge in [0, 0.05) is 18.7 Å². The van der Waals surface area contributed by atoms with Crippen LogP contribution >= 0.6 is 15.6 Å². The summed E-state index contributed by atoms with van der Waals surface area (Å²) in [6.45, 7) is 3.26. The van der Waals surface area contributed by atoms with E-state index in [9.17, 15) is 28.5 Å². The highest BCUT2D eigenvalue weighted by Gasteiger charge is 2.43. The molecule has 0 aromatic carbocycles. The molecular formula is C17H30N2O11P2. The van der Waals surface area contributed by atoms with Gasteiger partial charge in [-0.15, -0.1) is 0 Å². The summed E-state index contributed by atoms with van der Waals surface area (Å²) < 4.78 is 51.0. The minimum atomic E-state index is -4.48. The lowest BCUT2D eigenvalue weighted by atomic mass is 10.2. The van der Waals surface area contributed by atoms with Gasteiger partial charge in [0.1, 0.15) is 18.4 Å². The van der Waals surface area contributed by atoms with Crippen LogP contribution < -0.4 is 11.2 Å². The Morgan fingerprint density at radius 3 is 2.31 bits per heavy atom. The summed E-state index contributed by atoms with van der Waals surface area (Å²) in [5.74, 6) is 0. The van der Waals surface area contributed by atoms with E-state index < -0.39 is 51.9 Å². The number of hydrogen-bond donors (Lipinski definition) is 3. The molecule has 0 amide bonds. The van der Waals surface area contributed by atoms with Crippen molar-refractivity contribution in [1.29, 1.82) is 0 Å². The molecule has 0 spiro atoms. The molecule has 13 nitrogen and oxygen atoms in total. The van der Waals surface area contributed by atoms with Gasteiger partial charge in [-0.1, -0.05) is 26.7 Å². The number of H-pyrrole nitrogens is 1. The largest absolute Gasteiger partial charge is 0.472 e. The van der Waals surface area contributed by atoms with Crippen molar-refractivity contribution >= 4 is 15.6 Å². The van der Waals surface area contributed by atoms with Gasteiger partial charge >= 0.3 is 21.3 Å². The van der Waals surface area contributed by atoms with Gasteiger partial charge in [-0.2, -0.15) is 0 Å². The summed E-state index contributed by atoms with van der Waals surface area (Å²) in [7, 11) is -8.87. The van der Waals surface area contributed by atoms with E-state index in [1.165, 1.54) is 6.20 Å². The number of phosphoric ester groups is 2. The Labute approximate surface area is 184 Å². The summed E-state index contributed by atoms with van der Waals surface area (Å²) in [4.78, 5) is 45.3. The fraction of sp³-hybridized carbons (Fsp3) is 0.765. The third-order valence-corrected chi connectivity index (χ3v) is 6.55. The fourth-order valence-electron chi connectivity index (χ4n) is 2.84. The van der Waals surface area contributed by atoms with Crippen LogP contribution in [0, 0.1) is 0 Å². The Morgan fingerprint density at radius 2 is 1.72 bits per heavy atom. The Morgan fingerprint density at radius 1 is 1.09 bits per heavy atom. The predicted molar refractivity (Wildman–Crippen MR) is 112 cm³/mol. The first-order chi connectivity index (χ1) is 15.1. The number of phosphoric acid groups is 2. The number of aromatic amines is 1. The Hall–Kier alpha value is -1.14. The maximum Gasteiger partial charge on any atom is 0.472 e. The molecule has 1 aromatic rings. The SMILES string of the molecule is CCCCOP(=O)(O)OC[C@H]1O[C@@H](n2ccc(=O)[nH]c2=O)C[C@H]1OP(=O)(O)OCCCC. The van der Waals surface area contributed by atoms with Crippen LogP contribution in [0.15, 0.2) is 21.9 Å². The molecule has 15 heteroatoms. The first-order valence-corrected chi connectivity index (χ1v) is 13.3. The van der Waals surface area contributed by atoms with Crippen molar-refractivity contribution in [2.75, 3.05) is 19.8 Å². The van der Waals surface area contributed by atoms with Crippen molar-refractivity contribution in [3.8, 4) is 0 Å². The van der Waals surface area contributed by atoms with Crippen molar-refractivity contribution in [2.45, 2.75) is 64.4 Å². The second-order valence-electron chi connectivity index (χ2n) is 7.13. The van der Waals surface area contributed by atoms with Gasteiger partial charge in [-0.25, -0.2) is 13.9 Å². The topological polar surface area (TPSA) is 176 Å². The van der Waals surface area contributed by atoms with Crippen molar-refractivity contribution in [3.05, 3.63) is 33.1 Å². The van der Waals surface area contributed by atoms with Crippen LogP contribution in [0.4, 0.5) is 0 Å². The fourth-order valence-corrected chi connectivity index (χ4v) is 4.60. The van der Waals surface area contributed by atoms with Crippen LogP contribution in [0.2, 0.25) is 0 Å². The molecule has 0 bridgehead atoms. The Balaban J connectivity index is 2.12. The average Bonchev–Trinajstić information content (AvgIpc) is 3.08. The van der Waals surface area contributed by atoms with Gasteiger partial charge in [0.15, 0.2) is 0 Å². The number of aromatic nitrogens is 2. The molecule has 5 atom stereocenters. The van der Waals surface area contributed by atoms with Crippen LogP contribution in [0.25, 0.3) is 0 Å². The molecule has 184 valence electrons. The zero-order chi connectivity index (χ0) is 23.8. The van der Waals surface area contributed by atoms with E-state index in [-0.39, 0.29) is 19.6 Å². The molecule has 3 N–H and O–H groups in total. The van der Waals surface area contributed by atoms with Crippen LogP contribution in [0.3, 0.4) is 0 Å². The van der Waals surface area contributed by atoms with E-state index in [1.807, 2.05) is 13.8 Å². The van der Waals surface area contributed by atoms with Crippen LogP contribution in [-0.4, -0.2) is 51.4 Å². The number of unbranched alkanes of at least 4 members (excludes halogenated alkanes) is 2. The molecule has 1 aliphatic heterocycles. The highest BCUT2D eigenvalue weighted by atomic mass is 31.2. The smallest absolute Gasteiger partial charge is 0.349 e. The highest BCUT2D eigenvalue weighted by molar-refractivity contribution is 7.47. The van der Waals surface area contributed by atoms with Crippen LogP contribution in [0.1, 0.15) is 52.2 Å². The summed E-state index contributed by atoms with van der Waals surface area (Å²) in [6, 6.07) is 1.11.